The van der Waals surface area contributed by atoms with Crippen LogP contribution < -0.4 is 5.43 Å². The molecule has 2 rings (SSSR count). The summed E-state index contributed by atoms with van der Waals surface area (Å²) in [7, 11) is 0. The third-order valence-corrected chi connectivity index (χ3v) is 3.22. The van der Waals surface area contributed by atoms with E-state index in [9.17, 15) is 9.90 Å². The van der Waals surface area contributed by atoms with Crippen molar-refractivity contribution in [3.63, 3.8) is 0 Å². The van der Waals surface area contributed by atoms with Crippen molar-refractivity contribution in [1.82, 2.24) is 5.43 Å². The fourth-order valence-corrected chi connectivity index (χ4v) is 2.03. The first-order valence-electron chi connectivity index (χ1n) is 6.68. The molecule has 0 aliphatic rings. The number of carbonyl (C=O) groups excluding carboxylic acids is 1. The van der Waals surface area contributed by atoms with E-state index >= 15 is 0 Å². The molecule has 4 heteroatoms. The van der Waals surface area contributed by atoms with Gasteiger partial charge in [-0.25, -0.2) is 5.43 Å². The van der Waals surface area contributed by atoms with Gasteiger partial charge in [0.2, 0.25) is 0 Å². The number of aryl methyl sites for hydroxylation is 2. The number of hydrogen-bond acceptors (Lipinski definition) is 3. The van der Waals surface area contributed by atoms with Gasteiger partial charge in [-0.15, -0.1) is 0 Å². The molecule has 0 aromatic heterocycles. The van der Waals surface area contributed by atoms with Gasteiger partial charge >= 0.3 is 0 Å². The average Bonchev–Trinajstić information content (AvgIpc) is 2.47. The zero-order valence-electron chi connectivity index (χ0n) is 12.3. The van der Waals surface area contributed by atoms with Crippen LogP contribution >= 0.6 is 0 Å². The van der Waals surface area contributed by atoms with Crippen LogP contribution in [-0.4, -0.2) is 16.7 Å². The lowest BCUT2D eigenvalue weighted by Gasteiger charge is -2.07. The number of rotatable bonds is 3. The van der Waals surface area contributed by atoms with Gasteiger partial charge in [-0.3, -0.25) is 4.79 Å². The van der Waals surface area contributed by atoms with Crippen LogP contribution in [0.1, 0.15) is 34.0 Å². The lowest BCUT2D eigenvalue weighted by molar-refractivity contribution is 0.0954. The minimum atomic E-state index is -0.351. The normalized spacial score (nSPS) is 11.3. The van der Waals surface area contributed by atoms with Crippen molar-refractivity contribution in [3.8, 4) is 5.75 Å². The van der Waals surface area contributed by atoms with Crippen LogP contribution in [-0.2, 0) is 0 Å². The molecule has 0 heterocycles. The van der Waals surface area contributed by atoms with Crippen LogP contribution in [0.15, 0.2) is 47.6 Å². The fraction of sp³-hybridized carbons (Fsp3) is 0.176. The Labute approximate surface area is 124 Å². The largest absolute Gasteiger partial charge is 0.508 e. The molecule has 0 saturated carbocycles. The van der Waals surface area contributed by atoms with Gasteiger partial charge in [-0.1, -0.05) is 23.8 Å². The van der Waals surface area contributed by atoms with Crippen LogP contribution in [0.5, 0.6) is 5.75 Å². The first-order chi connectivity index (χ1) is 9.97. The number of carbonyl (C=O) groups is 1. The highest BCUT2D eigenvalue weighted by molar-refractivity contribution is 6.02. The smallest absolute Gasteiger partial charge is 0.271 e. The van der Waals surface area contributed by atoms with Gasteiger partial charge in [0.15, 0.2) is 0 Å². The molecule has 2 aromatic rings. The lowest BCUT2D eigenvalue weighted by Crippen LogP contribution is -2.19. The summed E-state index contributed by atoms with van der Waals surface area (Å²) in [4.78, 5) is 12.0. The van der Waals surface area contributed by atoms with Crippen molar-refractivity contribution in [1.29, 1.82) is 0 Å². The highest BCUT2D eigenvalue weighted by atomic mass is 16.3. The van der Waals surface area contributed by atoms with Gasteiger partial charge < -0.3 is 5.11 Å². The van der Waals surface area contributed by atoms with E-state index in [1.54, 1.807) is 12.1 Å². The van der Waals surface area contributed by atoms with Crippen molar-refractivity contribution in [2.45, 2.75) is 20.8 Å². The Balaban J connectivity index is 2.17. The highest BCUT2D eigenvalue weighted by Crippen LogP contribution is 2.12. The number of phenolic OH excluding ortho intramolecular Hbond substituents is 1. The van der Waals surface area contributed by atoms with E-state index in [-0.39, 0.29) is 11.7 Å². The van der Waals surface area contributed by atoms with Crippen LogP contribution in [0, 0.1) is 13.8 Å². The topological polar surface area (TPSA) is 61.7 Å². The Bertz CT molecular complexity index is 706. The van der Waals surface area contributed by atoms with Crippen molar-refractivity contribution in [3.05, 3.63) is 64.7 Å². The Kier molecular flexibility index (Phi) is 4.38. The highest BCUT2D eigenvalue weighted by Gasteiger charge is 2.07. The summed E-state index contributed by atoms with van der Waals surface area (Å²) in [6.45, 7) is 5.87. The van der Waals surface area contributed by atoms with E-state index in [0.29, 0.717) is 5.56 Å². The van der Waals surface area contributed by atoms with Crippen molar-refractivity contribution in [2.75, 3.05) is 0 Å². The van der Waals surface area contributed by atoms with E-state index in [1.807, 2.05) is 39.0 Å². The van der Waals surface area contributed by atoms with Crippen molar-refractivity contribution < 1.29 is 9.90 Å². The van der Waals surface area contributed by atoms with E-state index < -0.39 is 0 Å². The summed E-state index contributed by atoms with van der Waals surface area (Å²) in [6.07, 6.45) is 0. The molecule has 0 spiro atoms. The third-order valence-electron chi connectivity index (χ3n) is 3.22. The molecule has 0 fully saturated rings. The third kappa shape index (κ3) is 3.69. The molecule has 21 heavy (non-hydrogen) atoms. The predicted octanol–water partition coefficient (Wildman–Crippen LogP) is 3.16. The summed E-state index contributed by atoms with van der Waals surface area (Å²) >= 11 is 0. The monoisotopic (exact) mass is 282 g/mol. The summed E-state index contributed by atoms with van der Waals surface area (Å²) in [6, 6.07) is 12.3. The first-order valence-corrected chi connectivity index (χ1v) is 6.68. The van der Waals surface area contributed by atoms with Gasteiger partial charge in [0, 0.05) is 11.1 Å². The molecule has 2 N–H and O–H groups in total. The molecule has 108 valence electrons. The van der Waals surface area contributed by atoms with Crippen LogP contribution in [0.3, 0.4) is 0 Å². The zero-order valence-corrected chi connectivity index (χ0v) is 12.3. The fourth-order valence-electron chi connectivity index (χ4n) is 2.03. The number of benzene rings is 2. The van der Waals surface area contributed by atoms with E-state index in [0.717, 1.165) is 22.4 Å². The first kappa shape index (κ1) is 14.8. The van der Waals surface area contributed by atoms with E-state index in [2.05, 4.69) is 10.5 Å². The van der Waals surface area contributed by atoms with Gasteiger partial charge in [0.1, 0.15) is 5.75 Å². The van der Waals surface area contributed by atoms with Crippen molar-refractivity contribution >= 4 is 11.6 Å². The molecule has 1 amide bonds. The summed E-state index contributed by atoms with van der Waals surface area (Å²) in [5, 5.41) is 13.5. The van der Waals surface area contributed by atoms with E-state index in [1.165, 1.54) is 12.1 Å². The number of hydrogen-bond donors (Lipinski definition) is 2. The summed E-state index contributed by atoms with van der Waals surface area (Å²) < 4.78 is 0. The molecule has 4 nitrogen and oxygen atoms in total. The predicted molar refractivity (Wildman–Crippen MR) is 83.7 cm³/mol. The van der Waals surface area contributed by atoms with Gasteiger partial charge in [-0.05, 0) is 50.6 Å². The number of amides is 1. The molecular formula is C17H18N2O2. The Hall–Kier alpha value is -2.62. The van der Waals surface area contributed by atoms with Crippen molar-refractivity contribution in [2.24, 2.45) is 5.10 Å². The molecule has 0 atom stereocenters. The molecule has 0 unspecified atom stereocenters. The Morgan fingerprint density at radius 2 is 1.90 bits per heavy atom. The molecule has 0 aliphatic heterocycles. The quantitative estimate of drug-likeness (QED) is 0.671. The number of phenols is 1. The second-order valence-corrected chi connectivity index (χ2v) is 5.01. The number of nitrogens with zero attached hydrogens (tertiary/aromatic N) is 1. The molecule has 0 aliphatic carbocycles. The maximum absolute atomic E-state index is 12.0. The lowest BCUT2D eigenvalue weighted by atomic mass is 10.0. The van der Waals surface area contributed by atoms with Gasteiger partial charge in [-0.2, -0.15) is 5.10 Å². The second-order valence-electron chi connectivity index (χ2n) is 5.01. The summed E-state index contributed by atoms with van der Waals surface area (Å²) in [5.74, 6) is -0.298. The van der Waals surface area contributed by atoms with E-state index in [4.69, 9.17) is 0 Å². The molecule has 2 aromatic carbocycles. The SMILES string of the molecule is C/C(=N/NC(=O)c1cccc(O)c1)c1cc(C)ccc1C. The van der Waals surface area contributed by atoms with Crippen LogP contribution in [0.25, 0.3) is 0 Å². The summed E-state index contributed by atoms with van der Waals surface area (Å²) in [5.41, 5.74) is 6.87. The second kappa shape index (κ2) is 6.22. The molecule has 0 saturated heterocycles. The number of nitrogens with one attached hydrogen (secondary N) is 1. The van der Waals surface area contributed by atoms with Gasteiger partial charge in [0.05, 0.1) is 5.71 Å². The van der Waals surface area contributed by atoms with Crippen LogP contribution in [0.2, 0.25) is 0 Å². The Morgan fingerprint density at radius 1 is 1.14 bits per heavy atom. The van der Waals surface area contributed by atoms with Gasteiger partial charge in [0.25, 0.3) is 5.91 Å². The van der Waals surface area contributed by atoms with Crippen LogP contribution in [0.4, 0.5) is 0 Å². The Morgan fingerprint density at radius 3 is 2.62 bits per heavy atom. The average molecular weight is 282 g/mol. The molecule has 0 bridgehead atoms. The molecule has 0 radical (unpaired) electrons. The standard InChI is InChI=1S/C17H18N2O2/c1-11-7-8-12(2)16(9-11)13(3)18-19-17(21)14-5-4-6-15(20)10-14/h4-10,20H,1-3H3,(H,19,21)/b18-13-. The maximum Gasteiger partial charge on any atom is 0.271 e. The number of aromatic hydroxyl groups is 1. The number of hydrazone groups is 1. The minimum Gasteiger partial charge on any atom is -0.508 e. The minimum absolute atomic E-state index is 0.0536. The maximum atomic E-state index is 12.0. The molecular weight excluding hydrogens is 264 g/mol. The zero-order chi connectivity index (χ0) is 15.4.